The van der Waals surface area contributed by atoms with Crippen molar-refractivity contribution in [3.8, 4) is 0 Å². The van der Waals surface area contributed by atoms with Crippen molar-refractivity contribution in [1.29, 1.82) is 0 Å². The van der Waals surface area contributed by atoms with Crippen LogP contribution in [0.25, 0.3) is 0 Å². The molecule has 0 fully saturated rings. The quantitative estimate of drug-likeness (QED) is 0.654. The molecule has 1 unspecified atom stereocenters. The molecular weight excluding hydrogens is 358 g/mol. The van der Waals surface area contributed by atoms with E-state index >= 15 is 0 Å². The van der Waals surface area contributed by atoms with E-state index in [0.717, 1.165) is 16.5 Å². The van der Waals surface area contributed by atoms with Gasteiger partial charge in [-0.3, -0.25) is 0 Å². The van der Waals surface area contributed by atoms with Gasteiger partial charge in [-0.25, -0.2) is 12.6 Å². The standard InChI is InChI=1S/C18H23NO4S2/c20-24(21,15-7-13-17-9-3-1-4-10-17)19-25(22,23)16-8-14-18-11-5-2-6-12-18/h1-6,9-12,15H,7-8,13-14,16H2,(H2,19,20,21). The zero-order valence-corrected chi connectivity index (χ0v) is 15.5. The molecule has 0 amide bonds. The van der Waals surface area contributed by atoms with Crippen LogP contribution in [0.15, 0.2) is 60.7 Å². The highest BCUT2D eigenvalue weighted by Crippen LogP contribution is 2.05. The Morgan fingerprint density at radius 2 is 1.36 bits per heavy atom. The molecule has 7 heteroatoms. The van der Waals surface area contributed by atoms with E-state index < -0.39 is 20.0 Å². The van der Waals surface area contributed by atoms with Crippen molar-refractivity contribution in [2.45, 2.75) is 25.7 Å². The van der Waals surface area contributed by atoms with Crippen molar-refractivity contribution < 1.29 is 17.2 Å². The van der Waals surface area contributed by atoms with Gasteiger partial charge in [-0.2, -0.15) is 0 Å². The number of benzene rings is 2. The third-order valence-electron chi connectivity index (χ3n) is 3.59. The van der Waals surface area contributed by atoms with Crippen LogP contribution >= 0.6 is 0 Å². The van der Waals surface area contributed by atoms with Crippen LogP contribution in [-0.2, 0) is 32.9 Å². The van der Waals surface area contributed by atoms with E-state index in [1.807, 2.05) is 64.8 Å². The minimum Gasteiger partial charge on any atom is -0.302 e. The fourth-order valence-electron chi connectivity index (χ4n) is 2.40. The van der Waals surface area contributed by atoms with Crippen LogP contribution in [0.4, 0.5) is 0 Å². The Bertz CT molecular complexity index is 872. The van der Waals surface area contributed by atoms with Gasteiger partial charge in [-0.05, 0) is 36.8 Å². The molecule has 2 N–H and O–H groups in total. The Morgan fingerprint density at radius 3 is 1.92 bits per heavy atom. The van der Waals surface area contributed by atoms with Crippen LogP contribution in [0.2, 0.25) is 0 Å². The largest absolute Gasteiger partial charge is 0.302 e. The summed E-state index contributed by atoms with van der Waals surface area (Å²) in [6.45, 7) is 0. The Labute approximate surface area is 150 Å². The second-order valence-corrected chi connectivity index (χ2v) is 9.53. The van der Waals surface area contributed by atoms with Gasteiger partial charge in [0.05, 0.1) is 5.75 Å². The first-order chi connectivity index (χ1) is 11.9. The molecule has 0 aliphatic rings. The van der Waals surface area contributed by atoms with Crippen LogP contribution in [0.5, 0.6) is 0 Å². The fraction of sp³-hybridized carbons (Fsp3) is 0.278. The Balaban J connectivity index is 1.84. The average Bonchev–Trinajstić information content (AvgIpc) is 2.55. The van der Waals surface area contributed by atoms with Gasteiger partial charge in [0.15, 0.2) is 9.99 Å². The molecule has 0 aromatic heterocycles. The monoisotopic (exact) mass is 381 g/mol. The SMILES string of the molecule is O=S(=O)(CCCc1ccccc1)NS(=O)(O)=CCCc1ccccc1. The average molecular weight is 382 g/mol. The van der Waals surface area contributed by atoms with Gasteiger partial charge >= 0.3 is 0 Å². The molecule has 2 rings (SSSR count). The molecule has 0 saturated heterocycles. The lowest BCUT2D eigenvalue weighted by Crippen LogP contribution is -2.33. The summed E-state index contributed by atoms with van der Waals surface area (Å²) in [7, 11) is -7.53. The van der Waals surface area contributed by atoms with Gasteiger partial charge < -0.3 is 4.55 Å². The summed E-state index contributed by atoms with van der Waals surface area (Å²) in [5.74, 6) is -0.189. The van der Waals surface area contributed by atoms with Crippen molar-refractivity contribution in [3.05, 3.63) is 71.8 Å². The predicted molar refractivity (Wildman–Crippen MR) is 103 cm³/mol. The zero-order chi connectivity index (χ0) is 18.2. The van der Waals surface area contributed by atoms with Crippen molar-refractivity contribution in [2.75, 3.05) is 5.75 Å². The first-order valence-corrected chi connectivity index (χ1v) is 11.3. The van der Waals surface area contributed by atoms with Gasteiger partial charge in [-0.15, -0.1) is 4.13 Å². The molecule has 1 atom stereocenters. The third-order valence-corrected chi connectivity index (χ3v) is 7.07. The molecule has 2 aromatic rings. The molecule has 25 heavy (non-hydrogen) atoms. The number of hydrogen-bond donors (Lipinski definition) is 2. The first kappa shape index (κ1) is 19.7. The first-order valence-electron chi connectivity index (χ1n) is 8.05. The van der Waals surface area contributed by atoms with E-state index in [0.29, 0.717) is 25.7 Å². The number of nitrogens with one attached hydrogen (secondary N) is 1. The molecule has 0 aliphatic carbocycles. The minimum absolute atomic E-state index is 0.189. The molecule has 0 spiro atoms. The maximum absolute atomic E-state index is 12.0. The van der Waals surface area contributed by atoms with Crippen LogP contribution in [0, 0.1) is 0 Å². The summed E-state index contributed by atoms with van der Waals surface area (Å²) in [5, 5.41) is 1.13. The maximum atomic E-state index is 12.0. The van der Waals surface area contributed by atoms with Crippen LogP contribution in [0.1, 0.15) is 24.0 Å². The van der Waals surface area contributed by atoms with E-state index in [4.69, 9.17) is 0 Å². The summed E-state index contributed by atoms with van der Waals surface area (Å²) in [6.07, 6.45) is 1.88. The third kappa shape index (κ3) is 7.83. The van der Waals surface area contributed by atoms with Gasteiger partial charge in [0.25, 0.3) is 0 Å². The molecule has 0 aliphatic heterocycles. The Morgan fingerprint density at radius 1 is 0.840 bits per heavy atom. The van der Waals surface area contributed by atoms with Crippen LogP contribution < -0.4 is 4.13 Å². The Hall–Kier alpha value is -1.67. The van der Waals surface area contributed by atoms with E-state index in [2.05, 4.69) is 0 Å². The van der Waals surface area contributed by atoms with E-state index in [1.165, 1.54) is 0 Å². The highest BCUT2D eigenvalue weighted by atomic mass is 32.3. The van der Waals surface area contributed by atoms with E-state index in [-0.39, 0.29) is 5.75 Å². The molecule has 0 heterocycles. The molecule has 0 bridgehead atoms. The molecular formula is C18H23NO4S2. The lowest BCUT2D eigenvalue weighted by Gasteiger charge is -2.08. The molecule has 0 radical (unpaired) electrons. The van der Waals surface area contributed by atoms with Crippen molar-refractivity contribution in [1.82, 2.24) is 4.13 Å². The number of sulfonamides is 1. The number of rotatable bonds is 9. The van der Waals surface area contributed by atoms with Crippen LogP contribution in [0.3, 0.4) is 0 Å². The minimum atomic E-state index is -3.81. The highest BCUT2D eigenvalue weighted by Gasteiger charge is 2.15. The topological polar surface area (TPSA) is 83.5 Å². The van der Waals surface area contributed by atoms with Gasteiger partial charge in [0.2, 0.25) is 10.0 Å². The number of aryl methyl sites for hydroxylation is 2. The zero-order valence-electron chi connectivity index (χ0n) is 13.9. The van der Waals surface area contributed by atoms with Crippen molar-refractivity contribution >= 4 is 25.4 Å². The van der Waals surface area contributed by atoms with E-state index in [1.54, 1.807) is 0 Å². The highest BCUT2D eigenvalue weighted by molar-refractivity contribution is 8.07. The second-order valence-electron chi connectivity index (χ2n) is 5.75. The normalized spacial score (nSPS) is 14.0. The predicted octanol–water partition coefficient (Wildman–Crippen LogP) is 2.65. The molecule has 136 valence electrons. The van der Waals surface area contributed by atoms with Gasteiger partial charge in [-0.1, -0.05) is 60.7 Å². The van der Waals surface area contributed by atoms with E-state index in [9.17, 15) is 17.2 Å². The van der Waals surface area contributed by atoms with Gasteiger partial charge in [0.1, 0.15) is 0 Å². The molecule has 5 nitrogen and oxygen atoms in total. The summed E-state index contributed by atoms with van der Waals surface area (Å²) in [4.78, 5) is 0. The Kier molecular flexibility index (Phi) is 7.19. The fourth-order valence-corrected chi connectivity index (χ4v) is 5.42. The lowest BCUT2D eigenvalue weighted by molar-refractivity contribution is 0.548. The number of hydrogen-bond acceptors (Lipinski definition) is 3. The smallest absolute Gasteiger partial charge is 0.223 e. The van der Waals surface area contributed by atoms with Gasteiger partial charge in [0, 0.05) is 5.37 Å². The second kappa shape index (κ2) is 9.15. The summed E-state index contributed by atoms with van der Waals surface area (Å²) < 4.78 is 47.8. The summed E-state index contributed by atoms with van der Waals surface area (Å²) >= 11 is 0. The lowest BCUT2D eigenvalue weighted by atomic mass is 10.1. The van der Waals surface area contributed by atoms with Crippen molar-refractivity contribution in [3.63, 3.8) is 0 Å². The molecule has 2 aromatic carbocycles. The maximum Gasteiger partial charge on any atom is 0.223 e. The summed E-state index contributed by atoms with van der Waals surface area (Å²) in [6, 6.07) is 19.0. The summed E-state index contributed by atoms with van der Waals surface area (Å²) in [5.41, 5.74) is 2.07. The van der Waals surface area contributed by atoms with Crippen LogP contribution in [-0.4, -0.2) is 28.3 Å². The van der Waals surface area contributed by atoms with Crippen molar-refractivity contribution in [2.24, 2.45) is 0 Å². The molecule has 0 saturated carbocycles.